The Kier molecular flexibility index (Phi) is 3.44. The first-order valence-corrected chi connectivity index (χ1v) is 5.84. The summed E-state index contributed by atoms with van der Waals surface area (Å²) in [6, 6.07) is 4.39. The number of nitrogens with zero attached hydrogens (tertiary/aromatic N) is 1. The van der Waals surface area contributed by atoms with E-state index >= 15 is 0 Å². The summed E-state index contributed by atoms with van der Waals surface area (Å²) in [6.07, 6.45) is 4.63. The lowest BCUT2D eigenvalue weighted by Crippen LogP contribution is -2.20. The highest BCUT2D eigenvalue weighted by molar-refractivity contribution is 6.31. The van der Waals surface area contributed by atoms with Gasteiger partial charge in [-0.25, -0.2) is 9.38 Å². The zero-order chi connectivity index (χ0) is 11.5. The van der Waals surface area contributed by atoms with Crippen LogP contribution < -0.4 is 5.73 Å². The third-order valence-corrected chi connectivity index (χ3v) is 3.22. The van der Waals surface area contributed by atoms with Crippen molar-refractivity contribution in [3.63, 3.8) is 0 Å². The summed E-state index contributed by atoms with van der Waals surface area (Å²) < 4.78 is 12.9. The molecule has 0 atom stereocenters. The van der Waals surface area contributed by atoms with Crippen LogP contribution in [-0.2, 0) is 0 Å². The van der Waals surface area contributed by atoms with E-state index < -0.39 is 5.82 Å². The van der Waals surface area contributed by atoms with Gasteiger partial charge < -0.3 is 5.73 Å². The van der Waals surface area contributed by atoms with E-state index in [0.717, 1.165) is 12.8 Å². The van der Waals surface area contributed by atoms with Crippen molar-refractivity contribution < 1.29 is 4.39 Å². The van der Waals surface area contributed by atoms with Crippen molar-refractivity contribution in [2.75, 3.05) is 0 Å². The van der Waals surface area contributed by atoms with Gasteiger partial charge in [0, 0.05) is 5.92 Å². The van der Waals surface area contributed by atoms with Gasteiger partial charge >= 0.3 is 0 Å². The highest BCUT2D eigenvalue weighted by Gasteiger charge is 2.18. The lowest BCUT2D eigenvalue weighted by molar-refractivity contribution is 0.628. The normalized spacial score (nSPS) is 18.0. The zero-order valence-electron chi connectivity index (χ0n) is 8.92. The van der Waals surface area contributed by atoms with Crippen LogP contribution in [0.4, 0.5) is 10.1 Å². The summed E-state index contributed by atoms with van der Waals surface area (Å²) in [5, 5.41) is 0.0838. The molecule has 0 saturated heterocycles. The van der Waals surface area contributed by atoms with Crippen molar-refractivity contribution in [1.29, 1.82) is 0 Å². The van der Waals surface area contributed by atoms with Gasteiger partial charge in [0.05, 0.1) is 10.7 Å². The fraction of sp³-hybridized carbons (Fsp3) is 0.417. The lowest BCUT2D eigenvalue weighted by atomic mass is 10.1. The molecule has 0 aromatic heterocycles. The monoisotopic (exact) mass is 240 g/mol. The SMILES string of the molecule is NC(=Nc1ccc(F)c(Cl)c1)C1CCCC1. The Balaban J connectivity index is 2.17. The minimum absolute atomic E-state index is 0.0838. The second kappa shape index (κ2) is 4.83. The van der Waals surface area contributed by atoms with Crippen LogP contribution in [-0.4, -0.2) is 5.84 Å². The molecule has 0 bridgehead atoms. The van der Waals surface area contributed by atoms with Crippen LogP contribution in [0.3, 0.4) is 0 Å². The Morgan fingerprint density at radius 1 is 1.38 bits per heavy atom. The molecule has 0 radical (unpaired) electrons. The molecule has 0 aliphatic heterocycles. The summed E-state index contributed by atoms with van der Waals surface area (Å²) in [4.78, 5) is 4.29. The van der Waals surface area contributed by atoms with Crippen molar-refractivity contribution >= 4 is 23.1 Å². The Hall–Kier alpha value is -1.09. The maximum atomic E-state index is 12.9. The maximum Gasteiger partial charge on any atom is 0.141 e. The van der Waals surface area contributed by atoms with Crippen molar-refractivity contribution in [3.05, 3.63) is 29.0 Å². The third kappa shape index (κ3) is 2.53. The summed E-state index contributed by atoms with van der Waals surface area (Å²) in [7, 11) is 0. The molecule has 0 heterocycles. The van der Waals surface area contributed by atoms with Crippen molar-refractivity contribution in [1.82, 2.24) is 0 Å². The highest BCUT2D eigenvalue weighted by Crippen LogP contribution is 2.27. The van der Waals surface area contributed by atoms with Gasteiger partial charge in [-0.2, -0.15) is 0 Å². The van der Waals surface area contributed by atoms with Crippen LogP contribution in [0.2, 0.25) is 5.02 Å². The predicted octanol–water partition coefficient (Wildman–Crippen LogP) is 3.66. The quantitative estimate of drug-likeness (QED) is 0.622. The Morgan fingerprint density at radius 3 is 2.69 bits per heavy atom. The van der Waals surface area contributed by atoms with E-state index in [2.05, 4.69) is 4.99 Å². The Morgan fingerprint density at radius 2 is 2.06 bits per heavy atom. The number of amidine groups is 1. The molecule has 86 valence electrons. The van der Waals surface area contributed by atoms with Gasteiger partial charge in [0.15, 0.2) is 0 Å². The molecular formula is C12H14ClFN2. The van der Waals surface area contributed by atoms with E-state index in [4.69, 9.17) is 17.3 Å². The predicted molar refractivity (Wildman–Crippen MR) is 64.7 cm³/mol. The van der Waals surface area contributed by atoms with Gasteiger partial charge in [-0.3, -0.25) is 0 Å². The molecular weight excluding hydrogens is 227 g/mol. The maximum absolute atomic E-state index is 12.9. The van der Waals surface area contributed by atoms with Crippen LogP contribution in [0, 0.1) is 11.7 Å². The number of rotatable bonds is 2. The molecule has 2 N–H and O–H groups in total. The van der Waals surface area contributed by atoms with Gasteiger partial charge in [0.2, 0.25) is 0 Å². The smallest absolute Gasteiger partial charge is 0.141 e. The van der Waals surface area contributed by atoms with E-state index in [9.17, 15) is 4.39 Å². The summed E-state index contributed by atoms with van der Waals surface area (Å²) in [6.45, 7) is 0. The number of nitrogens with two attached hydrogens (primary N) is 1. The summed E-state index contributed by atoms with van der Waals surface area (Å²) >= 11 is 5.67. The number of benzene rings is 1. The van der Waals surface area contributed by atoms with Crippen LogP contribution >= 0.6 is 11.6 Å². The van der Waals surface area contributed by atoms with Gasteiger partial charge in [-0.1, -0.05) is 24.4 Å². The minimum atomic E-state index is -0.431. The van der Waals surface area contributed by atoms with E-state index in [-0.39, 0.29) is 5.02 Å². The third-order valence-electron chi connectivity index (χ3n) is 2.93. The molecule has 0 spiro atoms. The summed E-state index contributed by atoms with van der Waals surface area (Å²) in [5.74, 6) is 0.587. The van der Waals surface area contributed by atoms with Crippen molar-refractivity contribution in [3.8, 4) is 0 Å². The van der Waals surface area contributed by atoms with Crippen LogP contribution in [0.1, 0.15) is 25.7 Å². The van der Waals surface area contributed by atoms with E-state index in [0.29, 0.717) is 17.4 Å². The second-order valence-electron chi connectivity index (χ2n) is 4.12. The molecule has 1 aromatic carbocycles. The lowest BCUT2D eigenvalue weighted by Gasteiger charge is -2.08. The van der Waals surface area contributed by atoms with E-state index in [1.54, 1.807) is 6.07 Å². The fourth-order valence-corrected chi connectivity index (χ4v) is 2.19. The second-order valence-corrected chi connectivity index (χ2v) is 4.52. The van der Waals surface area contributed by atoms with Gasteiger partial charge in [-0.15, -0.1) is 0 Å². The largest absolute Gasteiger partial charge is 0.387 e. The van der Waals surface area contributed by atoms with Gasteiger partial charge in [0.1, 0.15) is 11.7 Å². The van der Waals surface area contributed by atoms with Gasteiger partial charge in [-0.05, 0) is 31.0 Å². The number of halogens is 2. The average molecular weight is 241 g/mol. The van der Waals surface area contributed by atoms with Crippen LogP contribution in [0.5, 0.6) is 0 Å². The molecule has 4 heteroatoms. The molecule has 1 aromatic rings. The molecule has 16 heavy (non-hydrogen) atoms. The topological polar surface area (TPSA) is 38.4 Å². The van der Waals surface area contributed by atoms with E-state index in [1.165, 1.54) is 25.0 Å². The molecule has 0 amide bonds. The van der Waals surface area contributed by atoms with Crippen molar-refractivity contribution in [2.45, 2.75) is 25.7 Å². The molecule has 1 aliphatic carbocycles. The molecule has 2 rings (SSSR count). The minimum Gasteiger partial charge on any atom is -0.387 e. The molecule has 2 nitrogen and oxygen atoms in total. The first kappa shape index (κ1) is 11.4. The van der Waals surface area contributed by atoms with Crippen LogP contribution in [0.25, 0.3) is 0 Å². The molecule has 1 saturated carbocycles. The summed E-state index contributed by atoms with van der Waals surface area (Å²) in [5.41, 5.74) is 6.53. The zero-order valence-corrected chi connectivity index (χ0v) is 9.67. The Labute approximate surface area is 99.3 Å². The Bertz CT molecular complexity index is 411. The first-order chi connectivity index (χ1) is 7.66. The highest BCUT2D eigenvalue weighted by atomic mass is 35.5. The molecule has 1 aliphatic rings. The molecule has 1 fully saturated rings. The molecule has 0 unspecified atom stereocenters. The van der Waals surface area contributed by atoms with Crippen molar-refractivity contribution in [2.24, 2.45) is 16.6 Å². The average Bonchev–Trinajstić information content (AvgIpc) is 2.77. The van der Waals surface area contributed by atoms with Crippen LogP contribution in [0.15, 0.2) is 23.2 Å². The fourth-order valence-electron chi connectivity index (χ4n) is 2.02. The number of hydrogen-bond acceptors (Lipinski definition) is 1. The standard InChI is InChI=1S/C12H14ClFN2/c13-10-7-9(5-6-11(10)14)16-12(15)8-3-1-2-4-8/h5-8H,1-4H2,(H2,15,16). The number of aliphatic imine (C=N–C) groups is 1. The first-order valence-electron chi connectivity index (χ1n) is 5.46. The van der Waals surface area contributed by atoms with Gasteiger partial charge in [0.25, 0.3) is 0 Å². The van der Waals surface area contributed by atoms with E-state index in [1.807, 2.05) is 0 Å². The number of hydrogen-bond donors (Lipinski definition) is 1.